The molecule has 0 saturated carbocycles. The number of hydrogen-bond acceptors (Lipinski definition) is 3. The van der Waals surface area contributed by atoms with E-state index in [1.165, 1.54) is 6.08 Å². The van der Waals surface area contributed by atoms with E-state index in [1.807, 2.05) is 0 Å². The van der Waals surface area contributed by atoms with Gasteiger partial charge >= 0.3 is 5.97 Å². The Morgan fingerprint density at radius 3 is 2.11 bits per heavy atom. The quantitative estimate of drug-likeness (QED) is 0.444. The Labute approximate surface area is 116 Å². The number of carbonyl (C=O) groups is 1. The van der Waals surface area contributed by atoms with Crippen LogP contribution in [0.4, 0.5) is 0 Å². The molecule has 1 aliphatic carbocycles. The third-order valence-electron chi connectivity index (χ3n) is 3.22. The summed E-state index contributed by atoms with van der Waals surface area (Å²) in [4.78, 5) is 11.4. The van der Waals surface area contributed by atoms with Crippen molar-refractivity contribution in [2.75, 3.05) is 7.11 Å². The molecule has 0 aromatic rings. The van der Waals surface area contributed by atoms with Gasteiger partial charge in [0.05, 0.1) is 6.10 Å². The van der Waals surface area contributed by atoms with E-state index in [-0.39, 0.29) is 18.2 Å². The van der Waals surface area contributed by atoms with Gasteiger partial charge in [-0.3, -0.25) is 0 Å². The topological polar surface area (TPSA) is 35.5 Å². The summed E-state index contributed by atoms with van der Waals surface area (Å²) in [6, 6.07) is 0. The normalized spacial score (nSPS) is 28.5. The Bertz CT molecular complexity index is 331. The first-order chi connectivity index (χ1) is 9.27. The van der Waals surface area contributed by atoms with Crippen LogP contribution < -0.4 is 0 Å². The van der Waals surface area contributed by atoms with Crippen LogP contribution in [0.2, 0.25) is 0 Å². The zero-order chi connectivity index (χ0) is 13.9. The van der Waals surface area contributed by atoms with Crippen LogP contribution in [0.1, 0.15) is 38.5 Å². The van der Waals surface area contributed by atoms with Crippen molar-refractivity contribution in [2.45, 2.75) is 50.7 Å². The van der Waals surface area contributed by atoms with E-state index < -0.39 is 0 Å². The lowest BCUT2D eigenvalue weighted by Crippen LogP contribution is -2.32. The van der Waals surface area contributed by atoms with E-state index in [2.05, 4.69) is 30.9 Å². The van der Waals surface area contributed by atoms with Crippen LogP contribution in [0.25, 0.3) is 0 Å². The van der Waals surface area contributed by atoms with Crippen LogP contribution in [0.15, 0.2) is 37.0 Å². The van der Waals surface area contributed by atoms with Gasteiger partial charge < -0.3 is 9.47 Å². The van der Waals surface area contributed by atoms with Crippen molar-refractivity contribution in [3.8, 4) is 0 Å². The van der Waals surface area contributed by atoms with Crippen molar-refractivity contribution in [3.63, 3.8) is 0 Å². The highest BCUT2D eigenvalue weighted by molar-refractivity contribution is 5.81. The summed E-state index contributed by atoms with van der Waals surface area (Å²) < 4.78 is 10.9. The molecule has 0 amide bonds. The number of esters is 1. The fourth-order valence-corrected chi connectivity index (χ4v) is 2.16. The van der Waals surface area contributed by atoms with Gasteiger partial charge in [0.2, 0.25) is 0 Å². The second-order valence-corrected chi connectivity index (χ2v) is 4.63. The number of hydrogen-bond donors (Lipinski definition) is 0. The van der Waals surface area contributed by atoms with Crippen molar-refractivity contribution in [1.29, 1.82) is 0 Å². The molecule has 1 rings (SSSR count). The Hall–Kier alpha value is -1.35. The maximum Gasteiger partial charge on any atom is 0.330 e. The first-order valence-corrected chi connectivity index (χ1v) is 6.93. The largest absolute Gasteiger partial charge is 0.456 e. The summed E-state index contributed by atoms with van der Waals surface area (Å²) in [6.45, 7) is 3.44. The van der Waals surface area contributed by atoms with E-state index in [1.54, 1.807) is 7.11 Å². The molecule has 1 aliphatic rings. The minimum Gasteiger partial charge on any atom is -0.456 e. The Morgan fingerprint density at radius 2 is 1.58 bits per heavy atom. The van der Waals surface area contributed by atoms with E-state index >= 15 is 0 Å². The third kappa shape index (κ3) is 6.39. The van der Waals surface area contributed by atoms with Gasteiger partial charge in [0.15, 0.2) is 0 Å². The van der Waals surface area contributed by atoms with E-state index in [4.69, 9.17) is 9.47 Å². The predicted molar refractivity (Wildman–Crippen MR) is 76.9 cm³/mol. The molecule has 2 unspecified atom stereocenters. The zero-order valence-electron chi connectivity index (χ0n) is 11.7. The molecule has 0 fully saturated rings. The molecule has 0 saturated heterocycles. The van der Waals surface area contributed by atoms with Crippen LogP contribution in [0.3, 0.4) is 0 Å². The summed E-state index contributed by atoms with van der Waals surface area (Å²) in [5.74, 6) is -0.376. The second-order valence-electron chi connectivity index (χ2n) is 4.63. The van der Waals surface area contributed by atoms with Gasteiger partial charge in [0.25, 0.3) is 0 Å². The number of rotatable bonds is 3. The molecule has 0 bridgehead atoms. The minimum absolute atomic E-state index is 0.0543. The highest BCUT2D eigenvalue weighted by Gasteiger charge is 2.23. The van der Waals surface area contributed by atoms with Gasteiger partial charge in [-0.05, 0) is 38.5 Å². The molecule has 2 atom stereocenters. The fraction of sp³-hybridized carbons (Fsp3) is 0.562. The van der Waals surface area contributed by atoms with E-state index in [0.29, 0.717) is 0 Å². The lowest BCUT2D eigenvalue weighted by molar-refractivity contribution is -0.151. The second kappa shape index (κ2) is 9.56. The average Bonchev–Trinajstić information content (AvgIpc) is 2.41. The van der Waals surface area contributed by atoms with Crippen LogP contribution in [-0.4, -0.2) is 25.3 Å². The number of allylic oxidation sites excluding steroid dienone is 4. The molecule has 0 heterocycles. The summed E-state index contributed by atoms with van der Waals surface area (Å²) in [5, 5.41) is 0. The SMILES string of the molecule is C=CC(=O)OC1CC/C=C\CC/C=C\CCC1OC. The number of ether oxygens (including phenoxy) is 2. The fourth-order valence-electron chi connectivity index (χ4n) is 2.16. The third-order valence-corrected chi connectivity index (χ3v) is 3.22. The molecule has 0 radical (unpaired) electrons. The first-order valence-electron chi connectivity index (χ1n) is 6.93. The molecule has 0 N–H and O–H groups in total. The Kier molecular flexibility index (Phi) is 7.91. The van der Waals surface area contributed by atoms with Crippen molar-refractivity contribution in [1.82, 2.24) is 0 Å². The lowest BCUT2D eigenvalue weighted by Gasteiger charge is -2.25. The summed E-state index contributed by atoms with van der Waals surface area (Å²) in [7, 11) is 1.67. The van der Waals surface area contributed by atoms with Crippen LogP contribution in [0.5, 0.6) is 0 Å². The molecule has 0 aromatic carbocycles. The summed E-state index contributed by atoms with van der Waals surface area (Å²) in [6.07, 6.45) is 15.3. The molecule has 0 spiro atoms. The summed E-state index contributed by atoms with van der Waals surface area (Å²) >= 11 is 0. The molecule has 0 aliphatic heterocycles. The van der Waals surface area contributed by atoms with Crippen molar-refractivity contribution >= 4 is 5.97 Å². The van der Waals surface area contributed by atoms with Gasteiger partial charge in [0.1, 0.15) is 6.10 Å². The first kappa shape index (κ1) is 15.7. The minimum atomic E-state index is -0.376. The van der Waals surface area contributed by atoms with Gasteiger partial charge in [-0.25, -0.2) is 4.79 Å². The highest BCUT2D eigenvalue weighted by atomic mass is 16.6. The number of methoxy groups -OCH3 is 1. The number of carbonyl (C=O) groups excluding carboxylic acids is 1. The molecule has 106 valence electrons. The average molecular weight is 264 g/mol. The van der Waals surface area contributed by atoms with Gasteiger partial charge in [-0.1, -0.05) is 30.9 Å². The van der Waals surface area contributed by atoms with Gasteiger partial charge in [-0.15, -0.1) is 0 Å². The van der Waals surface area contributed by atoms with Gasteiger partial charge in [0, 0.05) is 13.2 Å². The molecular weight excluding hydrogens is 240 g/mol. The molecular formula is C16H24O3. The van der Waals surface area contributed by atoms with Crippen LogP contribution in [-0.2, 0) is 14.3 Å². The van der Waals surface area contributed by atoms with Crippen molar-refractivity contribution < 1.29 is 14.3 Å². The van der Waals surface area contributed by atoms with Crippen LogP contribution >= 0.6 is 0 Å². The molecule has 3 nitrogen and oxygen atoms in total. The molecule has 19 heavy (non-hydrogen) atoms. The van der Waals surface area contributed by atoms with E-state index in [9.17, 15) is 4.79 Å². The van der Waals surface area contributed by atoms with Crippen LogP contribution in [0, 0.1) is 0 Å². The standard InChI is InChI=1S/C16H24O3/c1-3-16(17)19-15-13-11-9-7-5-4-6-8-10-12-14(15)18-2/h3,6-9,14-15H,1,4-5,10-13H2,2H3/b8-6-,9-7-. The van der Waals surface area contributed by atoms with E-state index in [0.717, 1.165) is 38.5 Å². The van der Waals surface area contributed by atoms with Gasteiger partial charge in [-0.2, -0.15) is 0 Å². The predicted octanol–water partition coefficient (Wildman–Crippen LogP) is 3.57. The Balaban J connectivity index is 2.67. The van der Waals surface area contributed by atoms with Crippen molar-refractivity contribution in [2.24, 2.45) is 0 Å². The maximum absolute atomic E-state index is 11.4. The molecule has 3 heteroatoms. The monoisotopic (exact) mass is 264 g/mol. The lowest BCUT2D eigenvalue weighted by atomic mass is 10.0. The maximum atomic E-state index is 11.4. The highest BCUT2D eigenvalue weighted by Crippen LogP contribution is 2.17. The van der Waals surface area contributed by atoms with Crippen molar-refractivity contribution in [3.05, 3.63) is 37.0 Å². The zero-order valence-corrected chi connectivity index (χ0v) is 11.7. The molecule has 0 aromatic heterocycles. The smallest absolute Gasteiger partial charge is 0.330 e. The Morgan fingerprint density at radius 1 is 1.05 bits per heavy atom. The summed E-state index contributed by atoms with van der Waals surface area (Å²) in [5.41, 5.74) is 0.